The second-order valence-corrected chi connectivity index (χ2v) is 7.41. The molecule has 0 saturated carbocycles. The van der Waals surface area contributed by atoms with Gasteiger partial charge in [0.15, 0.2) is 0 Å². The van der Waals surface area contributed by atoms with Crippen molar-refractivity contribution in [2.24, 2.45) is 0 Å². The number of amides is 1. The lowest BCUT2D eigenvalue weighted by atomic mass is 10.0. The van der Waals surface area contributed by atoms with Crippen molar-refractivity contribution in [2.45, 2.75) is 19.4 Å². The van der Waals surface area contributed by atoms with Crippen molar-refractivity contribution in [1.82, 2.24) is 14.9 Å². The molecule has 1 aromatic heterocycles. The largest absolute Gasteiger partial charge is 0.495 e. The van der Waals surface area contributed by atoms with E-state index in [0.717, 1.165) is 0 Å². The Balaban J connectivity index is 1.85. The summed E-state index contributed by atoms with van der Waals surface area (Å²) in [5, 5.41) is 6.43. The molecular weight excluding hydrogens is 382 g/mol. The lowest BCUT2D eigenvalue weighted by molar-refractivity contribution is -0.0370. The fraction of sp³-hybridized carbons (Fsp3) is 0.421. The number of ether oxygens (including phenoxy) is 2. The van der Waals surface area contributed by atoms with Gasteiger partial charge in [0.2, 0.25) is 5.95 Å². The number of aromatic nitrogens is 2. The highest BCUT2D eigenvalue weighted by Crippen LogP contribution is 2.30. The molecule has 1 aliphatic heterocycles. The summed E-state index contributed by atoms with van der Waals surface area (Å²) >= 11 is 6.02. The number of carbonyl (C=O) groups excluding carboxylic acids is 1. The van der Waals surface area contributed by atoms with E-state index >= 15 is 0 Å². The van der Waals surface area contributed by atoms with Gasteiger partial charge in [-0.25, -0.2) is 4.98 Å². The van der Waals surface area contributed by atoms with Crippen LogP contribution in [0.4, 0.5) is 17.5 Å². The summed E-state index contributed by atoms with van der Waals surface area (Å²) in [5.41, 5.74) is 0.829. The molecule has 8 nitrogen and oxygen atoms in total. The van der Waals surface area contributed by atoms with Crippen LogP contribution in [0.3, 0.4) is 0 Å². The van der Waals surface area contributed by atoms with Gasteiger partial charge in [-0.1, -0.05) is 11.6 Å². The monoisotopic (exact) mass is 405 g/mol. The molecule has 1 aliphatic rings. The highest BCUT2D eigenvalue weighted by Gasteiger charge is 2.34. The number of anilines is 3. The number of nitrogens with zero attached hydrogens (tertiary/aromatic N) is 3. The van der Waals surface area contributed by atoms with Crippen molar-refractivity contribution in [2.75, 3.05) is 44.5 Å². The highest BCUT2D eigenvalue weighted by molar-refractivity contribution is 6.32. The molecule has 1 saturated heterocycles. The number of benzene rings is 1. The predicted octanol–water partition coefficient (Wildman–Crippen LogP) is 3.17. The Labute approximate surface area is 169 Å². The van der Waals surface area contributed by atoms with E-state index in [1.165, 1.54) is 6.20 Å². The van der Waals surface area contributed by atoms with Crippen LogP contribution in [0.5, 0.6) is 5.75 Å². The van der Waals surface area contributed by atoms with Crippen molar-refractivity contribution in [3.8, 4) is 5.75 Å². The lowest BCUT2D eigenvalue weighted by Crippen LogP contribution is -2.55. The molecule has 0 unspecified atom stereocenters. The number of morpholine rings is 1. The van der Waals surface area contributed by atoms with Crippen molar-refractivity contribution in [1.29, 1.82) is 0 Å². The molecular formula is C19H24ClN5O3. The normalized spacial score (nSPS) is 15.8. The molecule has 2 heterocycles. The summed E-state index contributed by atoms with van der Waals surface area (Å²) in [6.45, 7) is 5.59. The van der Waals surface area contributed by atoms with Crippen LogP contribution in [0.2, 0.25) is 5.02 Å². The Bertz CT molecular complexity index is 875. The zero-order valence-electron chi connectivity index (χ0n) is 16.4. The third-order valence-electron chi connectivity index (χ3n) is 4.57. The molecule has 0 aliphatic carbocycles. The quantitative estimate of drug-likeness (QED) is 0.789. The summed E-state index contributed by atoms with van der Waals surface area (Å²) < 4.78 is 11.0. The van der Waals surface area contributed by atoms with Gasteiger partial charge in [0.05, 0.1) is 37.7 Å². The number of hydrogen-bond donors (Lipinski definition) is 2. The first-order valence-electron chi connectivity index (χ1n) is 8.91. The molecule has 1 fully saturated rings. The molecule has 0 atom stereocenters. The molecule has 150 valence electrons. The minimum Gasteiger partial charge on any atom is -0.495 e. The minimum atomic E-state index is -0.361. The molecule has 2 aromatic rings. The molecule has 1 amide bonds. The van der Waals surface area contributed by atoms with Crippen LogP contribution >= 0.6 is 11.6 Å². The maximum absolute atomic E-state index is 13.0. The van der Waals surface area contributed by atoms with Gasteiger partial charge in [-0.15, -0.1) is 0 Å². The van der Waals surface area contributed by atoms with Gasteiger partial charge in [0, 0.05) is 19.2 Å². The molecule has 3 rings (SSSR count). The number of methoxy groups -OCH3 is 1. The van der Waals surface area contributed by atoms with E-state index in [1.54, 1.807) is 32.4 Å². The van der Waals surface area contributed by atoms with Crippen LogP contribution in [0.25, 0.3) is 0 Å². The number of carbonyl (C=O) groups is 1. The molecule has 2 N–H and O–H groups in total. The molecule has 1 aromatic carbocycles. The average molecular weight is 406 g/mol. The Morgan fingerprint density at radius 2 is 2.18 bits per heavy atom. The summed E-state index contributed by atoms with van der Waals surface area (Å²) in [7, 11) is 3.28. The van der Waals surface area contributed by atoms with Crippen LogP contribution in [-0.4, -0.2) is 60.2 Å². The number of hydrogen-bond acceptors (Lipinski definition) is 7. The van der Waals surface area contributed by atoms with E-state index in [4.69, 9.17) is 21.1 Å². The van der Waals surface area contributed by atoms with E-state index in [9.17, 15) is 4.79 Å². The standard InChI is InChI=1S/C19H24ClN5O3/c1-19(2)11-28-8-7-25(19)17(26)12-5-6-14(15(9-12)27-4)23-18-22-10-13(20)16(21-3)24-18/h5-6,9-10H,7-8,11H2,1-4H3,(H2,21,22,23,24). The maximum Gasteiger partial charge on any atom is 0.254 e. The van der Waals surface area contributed by atoms with Crippen LogP contribution in [-0.2, 0) is 4.74 Å². The van der Waals surface area contributed by atoms with Crippen LogP contribution < -0.4 is 15.4 Å². The summed E-state index contributed by atoms with van der Waals surface area (Å²) in [6, 6.07) is 5.25. The zero-order valence-corrected chi connectivity index (χ0v) is 17.1. The number of rotatable bonds is 5. The first kappa shape index (κ1) is 20.2. The van der Waals surface area contributed by atoms with Gasteiger partial charge >= 0.3 is 0 Å². The van der Waals surface area contributed by atoms with Crippen molar-refractivity contribution in [3.05, 3.63) is 35.0 Å². The highest BCUT2D eigenvalue weighted by atomic mass is 35.5. The average Bonchev–Trinajstić information content (AvgIpc) is 2.68. The Morgan fingerprint density at radius 1 is 1.39 bits per heavy atom. The smallest absolute Gasteiger partial charge is 0.254 e. The number of halogens is 1. The third kappa shape index (κ3) is 4.13. The van der Waals surface area contributed by atoms with Crippen molar-refractivity contribution in [3.63, 3.8) is 0 Å². The van der Waals surface area contributed by atoms with Gasteiger partial charge in [0.1, 0.15) is 16.6 Å². The van der Waals surface area contributed by atoms with Gasteiger partial charge in [0.25, 0.3) is 5.91 Å². The predicted molar refractivity (Wildman–Crippen MR) is 109 cm³/mol. The Morgan fingerprint density at radius 3 is 2.86 bits per heavy atom. The first-order valence-corrected chi connectivity index (χ1v) is 9.28. The fourth-order valence-electron chi connectivity index (χ4n) is 3.04. The molecule has 0 spiro atoms. The van der Waals surface area contributed by atoms with Crippen molar-refractivity contribution < 1.29 is 14.3 Å². The summed E-state index contributed by atoms with van der Waals surface area (Å²) in [4.78, 5) is 23.3. The van der Waals surface area contributed by atoms with Gasteiger partial charge in [-0.3, -0.25) is 4.79 Å². The molecule has 9 heteroatoms. The molecule has 0 bridgehead atoms. The topological polar surface area (TPSA) is 88.6 Å². The minimum absolute atomic E-state index is 0.0571. The zero-order chi connectivity index (χ0) is 20.3. The Kier molecular flexibility index (Phi) is 5.90. The van der Waals surface area contributed by atoms with E-state index in [2.05, 4.69) is 20.6 Å². The lowest BCUT2D eigenvalue weighted by Gasteiger charge is -2.42. The number of nitrogens with one attached hydrogen (secondary N) is 2. The van der Waals surface area contributed by atoms with Crippen LogP contribution in [0.15, 0.2) is 24.4 Å². The van der Waals surface area contributed by atoms with E-state index < -0.39 is 0 Å². The van der Waals surface area contributed by atoms with Crippen LogP contribution in [0, 0.1) is 0 Å². The third-order valence-corrected chi connectivity index (χ3v) is 4.84. The maximum atomic E-state index is 13.0. The summed E-state index contributed by atoms with van der Waals surface area (Å²) in [5.74, 6) is 1.33. The van der Waals surface area contributed by atoms with Gasteiger partial charge < -0.3 is 25.0 Å². The van der Waals surface area contributed by atoms with E-state index in [-0.39, 0.29) is 11.4 Å². The van der Waals surface area contributed by atoms with Gasteiger partial charge in [-0.2, -0.15) is 4.98 Å². The second kappa shape index (κ2) is 8.20. The SMILES string of the molecule is CNc1nc(Nc2ccc(C(=O)N3CCOCC3(C)C)cc2OC)ncc1Cl. The first-order chi connectivity index (χ1) is 13.4. The second-order valence-electron chi connectivity index (χ2n) is 7.00. The fourth-order valence-corrected chi connectivity index (χ4v) is 3.23. The molecule has 0 radical (unpaired) electrons. The van der Waals surface area contributed by atoms with E-state index in [0.29, 0.717) is 53.5 Å². The van der Waals surface area contributed by atoms with E-state index in [1.807, 2.05) is 18.7 Å². The van der Waals surface area contributed by atoms with Crippen LogP contribution in [0.1, 0.15) is 24.2 Å². The van der Waals surface area contributed by atoms with Crippen molar-refractivity contribution >= 4 is 35.0 Å². The molecule has 28 heavy (non-hydrogen) atoms. The Hall–Kier alpha value is -2.58. The summed E-state index contributed by atoms with van der Waals surface area (Å²) in [6.07, 6.45) is 1.51. The van der Waals surface area contributed by atoms with Gasteiger partial charge in [-0.05, 0) is 32.0 Å².